The molecule has 22 heavy (non-hydrogen) atoms. The summed E-state index contributed by atoms with van der Waals surface area (Å²) in [5.74, 6) is 0.650. The monoisotopic (exact) mass is 323 g/mol. The zero-order valence-electron chi connectivity index (χ0n) is 13.3. The Labute approximate surface area is 134 Å². The number of pyridine rings is 1. The smallest absolute Gasteiger partial charge is 0.315 e. The molecule has 122 valence electrons. The molecule has 0 bridgehead atoms. The largest absolute Gasteiger partial charge is 0.334 e. The molecule has 1 saturated carbocycles. The van der Waals surface area contributed by atoms with Crippen molar-refractivity contribution in [3.8, 4) is 0 Å². The van der Waals surface area contributed by atoms with E-state index in [1.54, 1.807) is 6.20 Å². The lowest BCUT2D eigenvalue weighted by molar-refractivity contribution is 0.232. The van der Waals surface area contributed by atoms with Gasteiger partial charge in [0.05, 0.1) is 17.5 Å². The van der Waals surface area contributed by atoms with E-state index in [0.717, 1.165) is 36.9 Å². The van der Waals surface area contributed by atoms with Crippen LogP contribution in [-0.2, 0) is 17.3 Å². The number of carbonyl (C=O) groups excluding carboxylic acids is 1. The molecule has 1 aromatic rings. The number of rotatable bonds is 5. The molecule has 2 N–H and O–H groups in total. The molecule has 1 aliphatic carbocycles. The third kappa shape index (κ3) is 4.53. The van der Waals surface area contributed by atoms with Crippen LogP contribution in [0.4, 0.5) is 4.79 Å². The van der Waals surface area contributed by atoms with Gasteiger partial charge in [-0.2, -0.15) is 0 Å². The van der Waals surface area contributed by atoms with Gasteiger partial charge in [0.15, 0.2) is 0 Å². The highest BCUT2D eigenvalue weighted by Crippen LogP contribution is 2.23. The fourth-order valence-corrected chi connectivity index (χ4v) is 4.31. The Kier molecular flexibility index (Phi) is 6.36. The molecule has 1 fully saturated rings. The van der Waals surface area contributed by atoms with Crippen LogP contribution >= 0.6 is 0 Å². The van der Waals surface area contributed by atoms with E-state index < -0.39 is 10.8 Å². The molecular formula is C16H25N3O2S. The second-order valence-electron chi connectivity index (χ2n) is 5.69. The average Bonchev–Trinajstić information content (AvgIpc) is 2.54. The minimum Gasteiger partial charge on any atom is -0.334 e. The maximum Gasteiger partial charge on any atom is 0.315 e. The highest BCUT2D eigenvalue weighted by molar-refractivity contribution is 7.85. The molecule has 2 amide bonds. The fraction of sp³-hybridized carbons (Fsp3) is 0.625. The summed E-state index contributed by atoms with van der Waals surface area (Å²) in [6.07, 6.45) is 5.76. The Bertz CT molecular complexity index is 536. The minimum atomic E-state index is -0.858. The van der Waals surface area contributed by atoms with Crippen molar-refractivity contribution in [1.29, 1.82) is 0 Å². The third-order valence-corrected chi connectivity index (χ3v) is 5.98. The molecule has 0 unspecified atom stereocenters. The Balaban J connectivity index is 1.87. The number of aryl methyl sites for hydroxylation is 1. The molecule has 0 saturated heterocycles. The quantitative estimate of drug-likeness (QED) is 0.873. The van der Waals surface area contributed by atoms with Crippen LogP contribution in [0.2, 0.25) is 0 Å². The molecule has 0 aromatic carbocycles. The topological polar surface area (TPSA) is 71.1 Å². The minimum absolute atomic E-state index is 0.0133. The maximum atomic E-state index is 12.1. The lowest BCUT2D eigenvalue weighted by atomic mass is 9.95. The summed E-state index contributed by atoms with van der Waals surface area (Å²) in [7, 11) is -0.858. The standard InChI is InChI=1S/C16H25N3O2S/c1-3-22(21)15-9-5-4-8-13(15)19-16(20)18-11-14-12(2)7-6-10-17-14/h6-7,10,13,15H,3-5,8-9,11H2,1-2H3,(H2,18,19,20)/t13-,15+,22+/m1/s1. The molecular weight excluding hydrogens is 298 g/mol. The molecule has 1 aromatic heterocycles. The fourth-order valence-electron chi connectivity index (χ4n) is 2.88. The van der Waals surface area contributed by atoms with E-state index in [2.05, 4.69) is 15.6 Å². The first-order chi connectivity index (χ1) is 10.6. The van der Waals surface area contributed by atoms with Crippen molar-refractivity contribution in [2.24, 2.45) is 0 Å². The summed E-state index contributed by atoms with van der Waals surface area (Å²) in [6, 6.07) is 3.67. The van der Waals surface area contributed by atoms with Gasteiger partial charge in [0.25, 0.3) is 0 Å². The number of hydrogen-bond acceptors (Lipinski definition) is 3. The molecule has 1 aliphatic rings. The number of carbonyl (C=O) groups is 1. The summed E-state index contributed by atoms with van der Waals surface area (Å²) in [6.45, 7) is 4.32. The zero-order chi connectivity index (χ0) is 15.9. The summed E-state index contributed by atoms with van der Waals surface area (Å²) < 4.78 is 12.1. The van der Waals surface area contributed by atoms with Crippen molar-refractivity contribution < 1.29 is 9.00 Å². The van der Waals surface area contributed by atoms with E-state index in [-0.39, 0.29) is 17.3 Å². The number of nitrogens with zero attached hydrogens (tertiary/aromatic N) is 1. The Hall–Kier alpha value is -1.43. The molecule has 2 rings (SSSR count). The van der Waals surface area contributed by atoms with E-state index in [0.29, 0.717) is 12.3 Å². The lowest BCUT2D eigenvalue weighted by Gasteiger charge is -2.31. The van der Waals surface area contributed by atoms with Crippen LogP contribution in [0, 0.1) is 6.92 Å². The Morgan fingerprint density at radius 1 is 1.41 bits per heavy atom. The predicted molar refractivity (Wildman–Crippen MR) is 89.1 cm³/mol. The van der Waals surface area contributed by atoms with E-state index in [1.807, 2.05) is 26.0 Å². The van der Waals surface area contributed by atoms with Gasteiger partial charge in [-0.3, -0.25) is 9.19 Å². The number of amides is 2. The van der Waals surface area contributed by atoms with Gasteiger partial charge in [0.1, 0.15) is 0 Å². The van der Waals surface area contributed by atoms with Gasteiger partial charge >= 0.3 is 6.03 Å². The van der Waals surface area contributed by atoms with Crippen LogP contribution < -0.4 is 10.6 Å². The second kappa shape index (κ2) is 8.27. The molecule has 0 radical (unpaired) electrons. The molecule has 3 atom stereocenters. The van der Waals surface area contributed by atoms with Crippen molar-refractivity contribution in [1.82, 2.24) is 15.6 Å². The van der Waals surface area contributed by atoms with E-state index in [4.69, 9.17) is 0 Å². The number of urea groups is 1. The van der Waals surface area contributed by atoms with Gasteiger partial charge in [0, 0.05) is 28.8 Å². The van der Waals surface area contributed by atoms with E-state index >= 15 is 0 Å². The number of nitrogens with one attached hydrogen (secondary N) is 2. The normalized spacial score (nSPS) is 22.8. The van der Waals surface area contributed by atoms with Gasteiger partial charge in [0.2, 0.25) is 0 Å². The second-order valence-corrected chi connectivity index (χ2v) is 7.64. The van der Waals surface area contributed by atoms with Crippen LogP contribution in [0.25, 0.3) is 0 Å². The van der Waals surface area contributed by atoms with E-state index in [1.165, 1.54) is 0 Å². The van der Waals surface area contributed by atoms with Crippen LogP contribution in [0.5, 0.6) is 0 Å². The molecule has 5 nitrogen and oxygen atoms in total. The third-order valence-electron chi connectivity index (χ3n) is 4.18. The Morgan fingerprint density at radius 3 is 2.91 bits per heavy atom. The Morgan fingerprint density at radius 2 is 2.18 bits per heavy atom. The molecule has 1 heterocycles. The van der Waals surface area contributed by atoms with Crippen LogP contribution in [0.1, 0.15) is 43.9 Å². The van der Waals surface area contributed by atoms with Crippen LogP contribution in [-0.4, -0.2) is 32.3 Å². The highest BCUT2D eigenvalue weighted by Gasteiger charge is 2.30. The van der Waals surface area contributed by atoms with Gasteiger partial charge < -0.3 is 10.6 Å². The SMILES string of the molecule is CC[S@](=O)[C@H]1CCCC[C@H]1NC(=O)NCc1ncccc1C. The van der Waals surface area contributed by atoms with Crippen molar-refractivity contribution >= 4 is 16.8 Å². The van der Waals surface area contributed by atoms with Crippen molar-refractivity contribution in [3.63, 3.8) is 0 Å². The molecule has 6 heteroatoms. The average molecular weight is 323 g/mol. The van der Waals surface area contributed by atoms with Gasteiger partial charge in [-0.25, -0.2) is 4.79 Å². The van der Waals surface area contributed by atoms with Crippen molar-refractivity contribution in [3.05, 3.63) is 29.6 Å². The molecule has 0 aliphatic heterocycles. The number of aromatic nitrogens is 1. The van der Waals surface area contributed by atoms with Crippen LogP contribution in [0.3, 0.4) is 0 Å². The number of hydrogen-bond donors (Lipinski definition) is 2. The first kappa shape index (κ1) is 16.9. The van der Waals surface area contributed by atoms with Crippen molar-refractivity contribution in [2.45, 2.75) is 57.4 Å². The van der Waals surface area contributed by atoms with E-state index in [9.17, 15) is 9.00 Å². The molecule has 0 spiro atoms. The lowest BCUT2D eigenvalue weighted by Crippen LogP contribution is -2.50. The van der Waals surface area contributed by atoms with Crippen molar-refractivity contribution in [2.75, 3.05) is 5.75 Å². The van der Waals surface area contributed by atoms with Gasteiger partial charge in [-0.15, -0.1) is 0 Å². The summed E-state index contributed by atoms with van der Waals surface area (Å²) >= 11 is 0. The summed E-state index contributed by atoms with van der Waals surface area (Å²) in [5.41, 5.74) is 1.93. The zero-order valence-corrected chi connectivity index (χ0v) is 14.1. The van der Waals surface area contributed by atoms with Gasteiger partial charge in [-0.05, 0) is 31.4 Å². The highest BCUT2D eigenvalue weighted by atomic mass is 32.2. The first-order valence-electron chi connectivity index (χ1n) is 7.94. The maximum absolute atomic E-state index is 12.1. The first-order valence-corrected chi connectivity index (χ1v) is 9.32. The predicted octanol–water partition coefficient (Wildman–Crippen LogP) is 2.27. The summed E-state index contributed by atoms with van der Waals surface area (Å²) in [4.78, 5) is 16.4. The summed E-state index contributed by atoms with van der Waals surface area (Å²) in [5, 5.41) is 5.94. The van der Waals surface area contributed by atoms with Gasteiger partial charge in [-0.1, -0.05) is 25.8 Å². The van der Waals surface area contributed by atoms with Crippen LogP contribution in [0.15, 0.2) is 18.3 Å².